The zero-order chi connectivity index (χ0) is 34.2. The quantitative estimate of drug-likeness (QED) is 0.221. The van der Waals surface area contributed by atoms with Gasteiger partial charge in [-0.3, -0.25) is 9.78 Å². The molecule has 0 saturated carbocycles. The summed E-state index contributed by atoms with van der Waals surface area (Å²) < 4.78 is 1.55. The number of carbonyl (C=O) groups excluding carboxylic acids is 1. The highest BCUT2D eigenvalue weighted by Crippen LogP contribution is 2.37. The largest absolute Gasteiger partial charge is 0.355 e. The molecule has 47 heavy (non-hydrogen) atoms. The van der Waals surface area contributed by atoms with Gasteiger partial charge in [-0.25, -0.2) is 14.3 Å². The molecule has 1 aliphatic rings. The van der Waals surface area contributed by atoms with Crippen molar-refractivity contribution in [2.24, 2.45) is 0 Å². The number of aromatic nitrogens is 4. The van der Waals surface area contributed by atoms with Crippen LogP contribution in [-0.2, 0) is 11.2 Å². The molecule has 230 valence electrons. The molecule has 2 atom stereocenters. The Hall–Kier alpha value is -4.04. The zero-order valence-corrected chi connectivity index (χ0v) is 28.0. The number of hydrogen-bond acceptors (Lipinski definition) is 6. The van der Waals surface area contributed by atoms with Gasteiger partial charge in [0.1, 0.15) is 21.5 Å². The van der Waals surface area contributed by atoms with E-state index >= 15 is 0 Å². The summed E-state index contributed by atoms with van der Waals surface area (Å²) >= 11 is 7.05. The van der Waals surface area contributed by atoms with Crippen LogP contribution < -0.4 is 10.6 Å². The fourth-order valence-corrected chi connectivity index (χ4v) is 6.60. The van der Waals surface area contributed by atoms with Gasteiger partial charge in [-0.15, -0.1) is 5.98 Å². The highest BCUT2D eigenvalue weighted by Gasteiger charge is 2.35. The van der Waals surface area contributed by atoms with Crippen LogP contribution in [0.1, 0.15) is 57.4 Å². The van der Waals surface area contributed by atoms with Crippen LogP contribution in [0.25, 0.3) is 34.1 Å². The minimum absolute atomic E-state index is 0.00366. The molecule has 1 fully saturated rings. The van der Waals surface area contributed by atoms with Gasteiger partial charge in [0.25, 0.3) is 0 Å². The van der Waals surface area contributed by atoms with Gasteiger partial charge >= 0.3 is 5.69 Å². The van der Waals surface area contributed by atoms with Crippen LogP contribution in [-0.4, -0.2) is 86.9 Å². The summed E-state index contributed by atoms with van der Waals surface area (Å²) in [6, 6.07) is 10.7. The Kier molecular flexibility index (Phi) is 10.2. The first-order chi connectivity index (χ1) is 22.4. The normalized spacial score (nSPS) is 17.0. The van der Waals surface area contributed by atoms with E-state index in [1.165, 1.54) is 0 Å². The first-order valence-electron chi connectivity index (χ1n) is 15.6. The van der Waals surface area contributed by atoms with Crippen LogP contribution in [0.2, 0.25) is 5.02 Å². The molecule has 0 N–H and O–H groups in total. The standard InChI is InChI=1S/C34H33B4ClN6O2/c1-6-21-11-12-40-28(18(2)3)30(21)45-31-24(14-26(39)29(41-31)23-10-8-7-9-22(23)13-27(37)38)32(42-34(45)47)44-19(4)16-43(17-20(44)5)33(46)25(36)15-35/h7-15,18-20H,6,16-17H2,1-5H3/b25-15-/t19-,20-/m0/s1. The van der Waals surface area contributed by atoms with Crippen molar-refractivity contribution in [3.05, 3.63) is 91.7 Å². The van der Waals surface area contributed by atoms with Gasteiger partial charge in [0, 0.05) is 36.9 Å². The number of anilines is 1. The van der Waals surface area contributed by atoms with Crippen molar-refractivity contribution >= 4 is 71.8 Å². The molecule has 4 aromatic rings. The third-order valence-electron chi connectivity index (χ3n) is 8.40. The first-order valence-corrected chi connectivity index (χ1v) is 15.9. The lowest BCUT2D eigenvalue weighted by Crippen LogP contribution is -2.59. The number of hydrogen-bond donors (Lipinski definition) is 0. The SMILES string of the molecule is [B]/C=C(\[B])C(=O)N1C[C@H](C)N(c2nc(=O)n(-c3c(CC)ccnc3C(C)C)c3nc(-c4ccccc4C=C([B])[B])c(Cl)cc23)[C@@H](C)C1. The van der Waals surface area contributed by atoms with Gasteiger partial charge in [-0.05, 0) is 54.9 Å². The second-order valence-corrected chi connectivity index (χ2v) is 12.5. The number of carbonyl (C=O) groups is 1. The molecule has 1 aliphatic heterocycles. The molecule has 4 heterocycles. The van der Waals surface area contributed by atoms with Crippen LogP contribution in [0.15, 0.2) is 64.2 Å². The molecule has 5 rings (SSSR count). The average Bonchev–Trinajstić information content (AvgIpc) is 3.03. The number of pyridine rings is 2. The number of nitrogens with zero attached hydrogens (tertiary/aromatic N) is 6. The fourth-order valence-electron chi connectivity index (χ4n) is 6.35. The molecule has 0 spiro atoms. The molecule has 3 aromatic heterocycles. The lowest BCUT2D eigenvalue weighted by atomic mass is 9.77. The molecule has 0 unspecified atom stereocenters. The van der Waals surface area contributed by atoms with Crippen LogP contribution in [0, 0.1) is 0 Å². The van der Waals surface area contributed by atoms with Crippen molar-refractivity contribution in [2.75, 3.05) is 18.0 Å². The fraction of sp³-hybridized carbons (Fsp3) is 0.324. The second kappa shape index (κ2) is 14.0. The minimum Gasteiger partial charge on any atom is -0.347 e. The van der Waals surface area contributed by atoms with Gasteiger partial charge in [-0.2, -0.15) is 10.4 Å². The zero-order valence-electron chi connectivity index (χ0n) is 27.2. The van der Waals surface area contributed by atoms with Gasteiger partial charge in [0.05, 0.1) is 43.2 Å². The van der Waals surface area contributed by atoms with Crippen molar-refractivity contribution in [2.45, 2.75) is 59.0 Å². The molecule has 8 nitrogen and oxygen atoms in total. The molecule has 0 bridgehead atoms. The van der Waals surface area contributed by atoms with Crippen molar-refractivity contribution in [1.82, 2.24) is 24.4 Å². The third-order valence-corrected chi connectivity index (χ3v) is 8.69. The lowest BCUT2D eigenvalue weighted by Gasteiger charge is -2.45. The summed E-state index contributed by atoms with van der Waals surface area (Å²) in [4.78, 5) is 45.5. The summed E-state index contributed by atoms with van der Waals surface area (Å²) in [5, 5.41) is 1.06. The number of aryl methyl sites for hydroxylation is 1. The summed E-state index contributed by atoms with van der Waals surface area (Å²) in [6.07, 6.45) is 4.06. The molecule has 0 aliphatic carbocycles. The van der Waals surface area contributed by atoms with Gasteiger partial charge in [0.2, 0.25) is 5.91 Å². The Bertz CT molecular complexity index is 1960. The number of rotatable bonds is 7. The van der Waals surface area contributed by atoms with Crippen LogP contribution in [0.4, 0.5) is 5.82 Å². The maximum Gasteiger partial charge on any atom is 0.355 e. The van der Waals surface area contributed by atoms with E-state index in [2.05, 4.69) is 0 Å². The Morgan fingerprint density at radius 3 is 2.38 bits per heavy atom. The molecule has 1 saturated heterocycles. The number of amides is 1. The van der Waals surface area contributed by atoms with Crippen molar-refractivity contribution in [1.29, 1.82) is 0 Å². The van der Waals surface area contributed by atoms with Crippen LogP contribution in [0.3, 0.4) is 0 Å². The highest BCUT2D eigenvalue weighted by atomic mass is 35.5. The number of fused-ring (bicyclic) bond motifs is 1. The number of benzene rings is 1. The monoisotopic (exact) mass is 636 g/mol. The van der Waals surface area contributed by atoms with E-state index in [1.54, 1.807) is 27.8 Å². The van der Waals surface area contributed by atoms with E-state index in [0.29, 0.717) is 58.3 Å². The van der Waals surface area contributed by atoms with Crippen LogP contribution >= 0.6 is 11.6 Å². The predicted octanol–water partition coefficient (Wildman–Crippen LogP) is 4.42. The van der Waals surface area contributed by atoms with Crippen molar-refractivity contribution in [3.8, 4) is 16.9 Å². The Balaban J connectivity index is 1.83. The average molecular weight is 636 g/mol. The Labute approximate surface area is 286 Å². The number of halogens is 1. The summed E-state index contributed by atoms with van der Waals surface area (Å²) in [6.45, 7) is 10.7. The summed E-state index contributed by atoms with van der Waals surface area (Å²) in [5.74, 6) is 1.19. The minimum atomic E-state index is -0.509. The molecule has 13 heteroatoms. The van der Waals surface area contributed by atoms with E-state index in [9.17, 15) is 9.59 Å². The molecule has 1 aromatic carbocycles. The van der Waals surface area contributed by atoms with E-state index in [4.69, 9.17) is 57.9 Å². The van der Waals surface area contributed by atoms with E-state index in [-0.39, 0.29) is 34.8 Å². The van der Waals surface area contributed by atoms with Crippen LogP contribution in [0.5, 0.6) is 0 Å². The third kappa shape index (κ3) is 6.57. The topological polar surface area (TPSA) is 84.2 Å². The van der Waals surface area contributed by atoms with Crippen molar-refractivity contribution < 1.29 is 4.79 Å². The van der Waals surface area contributed by atoms with E-state index in [1.807, 2.05) is 69.9 Å². The maximum absolute atomic E-state index is 14.4. The Morgan fingerprint density at radius 1 is 1.09 bits per heavy atom. The maximum atomic E-state index is 14.4. The van der Waals surface area contributed by atoms with Gasteiger partial charge in [0.15, 0.2) is 5.65 Å². The molecular weight excluding hydrogens is 603 g/mol. The van der Waals surface area contributed by atoms with E-state index in [0.717, 1.165) is 22.8 Å². The lowest BCUT2D eigenvalue weighted by molar-refractivity contribution is -0.127. The Morgan fingerprint density at radius 2 is 1.77 bits per heavy atom. The predicted molar refractivity (Wildman–Crippen MR) is 194 cm³/mol. The molecular formula is C34H33B4ClN6O2. The summed E-state index contributed by atoms with van der Waals surface area (Å²) in [5.41, 5.74) is 4.03. The van der Waals surface area contributed by atoms with E-state index < -0.39 is 5.69 Å². The summed E-state index contributed by atoms with van der Waals surface area (Å²) in [7, 11) is 23.1. The van der Waals surface area contributed by atoms with Crippen molar-refractivity contribution in [3.63, 3.8) is 0 Å². The molecule has 8 radical (unpaired) electrons. The van der Waals surface area contributed by atoms with Gasteiger partial charge < -0.3 is 9.80 Å². The second-order valence-electron chi connectivity index (χ2n) is 12.1. The first kappa shape index (κ1) is 34.3. The number of piperazine rings is 1. The van der Waals surface area contributed by atoms with Gasteiger partial charge in [-0.1, -0.05) is 62.7 Å². The smallest absolute Gasteiger partial charge is 0.347 e. The highest BCUT2D eigenvalue weighted by molar-refractivity contribution is 6.50. The molecule has 1 amide bonds.